The lowest BCUT2D eigenvalue weighted by molar-refractivity contribution is -0.143. The first-order valence-electron chi connectivity index (χ1n) is 6.17. The molecule has 1 aliphatic heterocycles. The average molecular weight is 211 g/mol. The zero-order chi connectivity index (χ0) is 10.8. The quantitative estimate of drug-likeness (QED) is 0.760. The number of hydrogen-bond donors (Lipinski definition) is 1. The molecule has 0 aromatic rings. The third kappa shape index (κ3) is 2.33. The number of aliphatic carboxylic acids is 1. The van der Waals surface area contributed by atoms with Crippen LogP contribution in [0.5, 0.6) is 0 Å². The molecule has 0 spiro atoms. The molecule has 0 aromatic carbocycles. The maximum absolute atomic E-state index is 11.1. The van der Waals surface area contributed by atoms with Gasteiger partial charge in [0.25, 0.3) is 0 Å². The number of carboxylic acids is 1. The van der Waals surface area contributed by atoms with Crippen LogP contribution in [0.4, 0.5) is 0 Å². The van der Waals surface area contributed by atoms with Gasteiger partial charge in [-0.2, -0.15) is 0 Å². The summed E-state index contributed by atoms with van der Waals surface area (Å²) in [5.74, 6) is 0.157. The number of likely N-dealkylation sites (tertiary alicyclic amines) is 1. The van der Waals surface area contributed by atoms with E-state index < -0.39 is 5.97 Å². The summed E-state index contributed by atoms with van der Waals surface area (Å²) >= 11 is 0. The normalized spacial score (nSPS) is 38.1. The molecular formula is C12H21NO2. The van der Waals surface area contributed by atoms with Crippen LogP contribution in [0, 0.1) is 5.92 Å². The van der Waals surface area contributed by atoms with Gasteiger partial charge >= 0.3 is 5.97 Å². The molecule has 0 radical (unpaired) electrons. The minimum absolute atomic E-state index is 0.194. The van der Waals surface area contributed by atoms with Crippen molar-refractivity contribution in [3.8, 4) is 0 Å². The molecule has 1 saturated carbocycles. The molecule has 0 bridgehead atoms. The van der Waals surface area contributed by atoms with Crippen molar-refractivity contribution in [2.45, 2.75) is 57.5 Å². The Morgan fingerprint density at radius 3 is 2.73 bits per heavy atom. The van der Waals surface area contributed by atoms with Gasteiger partial charge in [-0.15, -0.1) is 0 Å². The van der Waals surface area contributed by atoms with E-state index in [1.54, 1.807) is 0 Å². The van der Waals surface area contributed by atoms with Crippen LogP contribution in [0.25, 0.3) is 0 Å². The van der Waals surface area contributed by atoms with Crippen molar-refractivity contribution in [2.24, 2.45) is 5.92 Å². The van der Waals surface area contributed by atoms with Crippen molar-refractivity contribution in [1.29, 1.82) is 0 Å². The van der Waals surface area contributed by atoms with Crippen molar-refractivity contribution < 1.29 is 9.90 Å². The van der Waals surface area contributed by atoms with E-state index in [9.17, 15) is 4.79 Å². The zero-order valence-electron chi connectivity index (χ0n) is 9.48. The number of nitrogens with zero attached hydrogens (tertiary/aromatic N) is 1. The summed E-state index contributed by atoms with van der Waals surface area (Å²) in [7, 11) is 0. The van der Waals surface area contributed by atoms with E-state index in [-0.39, 0.29) is 6.04 Å². The number of hydrogen-bond acceptors (Lipinski definition) is 2. The fourth-order valence-corrected chi connectivity index (χ4v) is 3.19. The summed E-state index contributed by atoms with van der Waals surface area (Å²) < 4.78 is 0. The molecule has 3 nitrogen and oxygen atoms in total. The molecule has 2 aliphatic rings. The molecule has 2 rings (SSSR count). The summed E-state index contributed by atoms with van der Waals surface area (Å²) in [5.41, 5.74) is 0. The van der Waals surface area contributed by atoms with Crippen molar-refractivity contribution in [3.63, 3.8) is 0 Å². The van der Waals surface area contributed by atoms with Gasteiger partial charge in [0.15, 0.2) is 0 Å². The standard InChI is InChI=1S/C12H21NO2/c1-9-4-2-5-10(8-9)13-7-3-6-11(13)12(14)15/h9-11H,2-8H2,1H3,(H,14,15). The third-order valence-electron chi connectivity index (χ3n) is 3.96. The Bertz CT molecular complexity index is 242. The minimum Gasteiger partial charge on any atom is -0.480 e. The average Bonchev–Trinajstić information content (AvgIpc) is 2.65. The van der Waals surface area contributed by atoms with E-state index >= 15 is 0 Å². The minimum atomic E-state index is -0.620. The topological polar surface area (TPSA) is 40.5 Å². The van der Waals surface area contributed by atoms with Crippen LogP contribution in [0.2, 0.25) is 0 Å². The molecule has 3 heteroatoms. The van der Waals surface area contributed by atoms with E-state index in [1.165, 1.54) is 25.7 Å². The molecule has 3 unspecified atom stereocenters. The number of carbonyl (C=O) groups is 1. The molecule has 1 N–H and O–H groups in total. The summed E-state index contributed by atoms with van der Waals surface area (Å²) in [6.45, 7) is 3.28. The van der Waals surface area contributed by atoms with Crippen LogP contribution in [0.15, 0.2) is 0 Å². The fraction of sp³-hybridized carbons (Fsp3) is 0.917. The monoisotopic (exact) mass is 211 g/mol. The third-order valence-corrected chi connectivity index (χ3v) is 3.96. The predicted molar refractivity (Wildman–Crippen MR) is 58.8 cm³/mol. The van der Waals surface area contributed by atoms with E-state index in [0.717, 1.165) is 25.3 Å². The highest BCUT2D eigenvalue weighted by molar-refractivity contribution is 5.73. The Balaban J connectivity index is 1.99. The van der Waals surface area contributed by atoms with E-state index in [2.05, 4.69) is 11.8 Å². The highest BCUT2D eigenvalue weighted by Crippen LogP contribution is 2.31. The molecule has 0 aromatic heterocycles. The van der Waals surface area contributed by atoms with Crippen molar-refractivity contribution in [1.82, 2.24) is 4.90 Å². The fourth-order valence-electron chi connectivity index (χ4n) is 3.19. The van der Waals surface area contributed by atoms with Gasteiger partial charge in [0.05, 0.1) is 0 Å². The maximum Gasteiger partial charge on any atom is 0.320 e. The van der Waals surface area contributed by atoms with Gasteiger partial charge < -0.3 is 5.11 Å². The predicted octanol–water partition coefficient (Wildman–Crippen LogP) is 2.11. The molecule has 86 valence electrons. The Hall–Kier alpha value is -0.570. The highest BCUT2D eigenvalue weighted by atomic mass is 16.4. The maximum atomic E-state index is 11.1. The van der Waals surface area contributed by atoms with Crippen LogP contribution in [0.3, 0.4) is 0 Å². The Morgan fingerprint density at radius 2 is 2.07 bits per heavy atom. The van der Waals surface area contributed by atoms with Crippen LogP contribution < -0.4 is 0 Å². The zero-order valence-corrected chi connectivity index (χ0v) is 9.48. The van der Waals surface area contributed by atoms with Gasteiger partial charge in [-0.05, 0) is 38.1 Å². The lowest BCUT2D eigenvalue weighted by Crippen LogP contribution is -2.45. The van der Waals surface area contributed by atoms with Crippen molar-refractivity contribution in [3.05, 3.63) is 0 Å². The van der Waals surface area contributed by atoms with Gasteiger partial charge in [0.1, 0.15) is 6.04 Å². The second kappa shape index (κ2) is 4.52. The van der Waals surface area contributed by atoms with Crippen molar-refractivity contribution >= 4 is 5.97 Å². The Kier molecular flexibility index (Phi) is 3.29. The van der Waals surface area contributed by atoms with E-state index in [0.29, 0.717) is 6.04 Å². The highest BCUT2D eigenvalue weighted by Gasteiger charge is 2.36. The Morgan fingerprint density at radius 1 is 1.27 bits per heavy atom. The first kappa shape index (κ1) is 10.9. The molecule has 1 aliphatic carbocycles. The van der Waals surface area contributed by atoms with Gasteiger partial charge in [-0.25, -0.2) is 0 Å². The molecule has 2 fully saturated rings. The Labute approximate surface area is 91.5 Å². The molecule has 0 amide bonds. The molecule has 15 heavy (non-hydrogen) atoms. The summed E-state index contributed by atoms with van der Waals surface area (Å²) in [6.07, 6.45) is 6.90. The number of carboxylic acid groups (broad SMARTS) is 1. The SMILES string of the molecule is CC1CCCC(N2CCCC2C(=O)O)C1. The summed E-state index contributed by atoms with van der Waals surface area (Å²) in [4.78, 5) is 13.3. The largest absolute Gasteiger partial charge is 0.480 e. The second-order valence-corrected chi connectivity index (χ2v) is 5.16. The molecule has 3 atom stereocenters. The smallest absolute Gasteiger partial charge is 0.320 e. The lowest BCUT2D eigenvalue weighted by atomic mass is 9.86. The van der Waals surface area contributed by atoms with Gasteiger partial charge in [-0.3, -0.25) is 9.69 Å². The van der Waals surface area contributed by atoms with Crippen LogP contribution in [0.1, 0.15) is 45.4 Å². The molecule has 1 heterocycles. The van der Waals surface area contributed by atoms with Gasteiger partial charge in [-0.1, -0.05) is 19.8 Å². The van der Waals surface area contributed by atoms with E-state index in [1.807, 2.05) is 0 Å². The van der Waals surface area contributed by atoms with Gasteiger partial charge in [0, 0.05) is 6.04 Å². The van der Waals surface area contributed by atoms with Gasteiger partial charge in [0.2, 0.25) is 0 Å². The van der Waals surface area contributed by atoms with Crippen molar-refractivity contribution in [2.75, 3.05) is 6.54 Å². The summed E-state index contributed by atoms with van der Waals surface area (Å²) in [6, 6.07) is 0.345. The molecule has 1 saturated heterocycles. The summed E-state index contributed by atoms with van der Waals surface area (Å²) in [5, 5.41) is 9.14. The van der Waals surface area contributed by atoms with Crippen LogP contribution in [-0.4, -0.2) is 34.6 Å². The lowest BCUT2D eigenvalue weighted by Gasteiger charge is -2.36. The van der Waals surface area contributed by atoms with Crippen LogP contribution in [-0.2, 0) is 4.79 Å². The second-order valence-electron chi connectivity index (χ2n) is 5.16. The molecular weight excluding hydrogens is 190 g/mol. The first-order valence-corrected chi connectivity index (χ1v) is 6.17. The van der Waals surface area contributed by atoms with Crippen LogP contribution >= 0.6 is 0 Å². The first-order chi connectivity index (χ1) is 7.18. The number of rotatable bonds is 2. The van der Waals surface area contributed by atoms with E-state index in [4.69, 9.17) is 5.11 Å².